The minimum atomic E-state index is 0.162. The van der Waals surface area contributed by atoms with Gasteiger partial charge in [0, 0.05) is 10.9 Å². The summed E-state index contributed by atoms with van der Waals surface area (Å²) in [7, 11) is 0. The van der Waals surface area contributed by atoms with Crippen LogP contribution in [0.25, 0.3) is 10.2 Å². The number of aryl methyl sites for hydroxylation is 2. The van der Waals surface area contributed by atoms with Crippen LogP contribution in [0.1, 0.15) is 55.0 Å². The predicted octanol–water partition coefficient (Wildman–Crippen LogP) is 4.11. The van der Waals surface area contributed by atoms with Gasteiger partial charge < -0.3 is 4.98 Å². The first kappa shape index (κ1) is 12.8. The van der Waals surface area contributed by atoms with E-state index in [-0.39, 0.29) is 5.56 Å². The van der Waals surface area contributed by atoms with Crippen molar-refractivity contribution in [3.8, 4) is 0 Å². The summed E-state index contributed by atoms with van der Waals surface area (Å²) < 4.78 is 2.49. The highest BCUT2D eigenvalue weighted by molar-refractivity contribution is 7.71. The van der Waals surface area contributed by atoms with Crippen molar-refractivity contribution in [2.24, 2.45) is 0 Å². The number of nitrogens with one attached hydrogen (secondary N) is 1. The van der Waals surface area contributed by atoms with E-state index in [1.807, 2.05) is 4.57 Å². The van der Waals surface area contributed by atoms with E-state index in [1.165, 1.54) is 36.1 Å². The third-order valence-corrected chi connectivity index (χ3v) is 6.24. The van der Waals surface area contributed by atoms with E-state index in [1.54, 1.807) is 11.3 Å². The fourth-order valence-corrected chi connectivity index (χ4v) is 5.42. The van der Waals surface area contributed by atoms with Gasteiger partial charge in [0.2, 0.25) is 0 Å². The molecule has 2 aromatic heterocycles. The second kappa shape index (κ2) is 4.81. The minimum absolute atomic E-state index is 0.162. The normalized spacial score (nSPS) is 19.6. The molecule has 0 atom stereocenters. The lowest BCUT2D eigenvalue weighted by Gasteiger charge is -2.14. The number of H-pyrrole nitrogens is 1. The zero-order valence-electron chi connectivity index (χ0n) is 11.4. The van der Waals surface area contributed by atoms with E-state index < -0.39 is 0 Å². The van der Waals surface area contributed by atoms with Gasteiger partial charge in [-0.2, -0.15) is 0 Å². The number of nitrogens with zero attached hydrogens (tertiary/aromatic N) is 1. The first-order valence-electron chi connectivity index (χ1n) is 7.55. The quantitative estimate of drug-likeness (QED) is 0.805. The molecule has 0 radical (unpaired) electrons. The third kappa shape index (κ3) is 1.83. The van der Waals surface area contributed by atoms with Crippen molar-refractivity contribution >= 4 is 33.8 Å². The van der Waals surface area contributed by atoms with Gasteiger partial charge >= 0.3 is 0 Å². The zero-order chi connectivity index (χ0) is 13.7. The van der Waals surface area contributed by atoms with Crippen LogP contribution in [-0.2, 0) is 12.8 Å². The van der Waals surface area contributed by atoms with Gasteiger partial charge in [0.15, 0.2) is 4.77 Å². The fourth-order valence-electron chi connectivity index (χ4n) is 3.74. The lowest BCUT2D eigenvalue weighted by Crippen LogP contribution is -2.25. The molecule has 1 saturated carbocycles. The Kier molecular flexibility index (Phi) is 3.07. The Hall–Kier alpha value is -0.940. The molecule has 1 N–H and O–H groups in total. The molecular formula is C15H18N2OS2. The Labute approximate surface area is 126 Å². The molecule has 0 saturated heterocycles. The van der Waals surface area contributed by atoms with Gasteiger partial charge in [0.1, 0.15) is 4.83 Å². The van der Waals surface area contributed by atoms with Crippen molar-refractivity contribution in [2.75, 3.05) is 0 Å². The molecule has 0 aromatic carbocycles. The Morgan fingerprint density at radius 3 is 2.70 bits per heavy atom. The van der Waals surface area contributed by atoms with E-state index in [0.29, 0.717) is 10.8 Å². The number of rotatable bonds is 1. The number of aromatic amines is 1. The first-order valence-corrected chi connectivity index (χ1v) is 8.77. The molecule has 1 fully saturated rings. The molecule has 0 spiro atoms. The lowest BCUT2D eigenvalue weighted by atomic mass is 9.97. The van der Waals surface area contributed by atoms with Crippen LogP contribution >= 0.6 is 23.6 Å². The molecule has 4 rings (SSSR count). The molecule has 0 aliphatic heterocycles. The summed E-state index contributed by atoms with van der Waals surface area (Å²) in [6, 6.07) is 0.315. The van der Waals surface area contributed by atoms with E-state index in [4.69, 9.17) is 12.2 Å². The predicted molar refractivity (Wildman–Crippen MR) is 85.4 cm³/mol. The summed E-state index contributed by atoms with van der Waals surface area (Å²) in [5.41, 5.74) is 1.47. The van der Waals surface area contributed by atoms with Crippen LogP contribution in [0.15, 0.2) is 4.79 Å². The molecule has 2 aliphatic rings. The largest absolute Gasteiger partial charge is 0.323 e. The summed E-state index contributed by atoms with van der Waals surface area (Å²) in [6.45, 7) is 0. The van der Waals surface area contributed by atoms with Crippen LogP contribution in [0.2, 0.25) is 0 Å². The van der Waals surface area contributed by atoms with Crippen molar-refractivity contribution in [2.45, 2.75) is 57.4 Å². The Morgan fingerprint density at radius 1 is 1.15 bits per heavy atom. The van der Waals surface area contributed by atoms with Gasteiger partial charge in [-0.25, -0.2) is 0 Å². The van der Waals surface area contributed by atoms with Crippen LogP contribution in [0, 0.1) is 4.77 Å². The highest BCUT2D eigenvalue weighted by Gasteiger charge is 2.24. The summed E-state index contributed by atoms with van der Waals surface area (Å²) in [5.74, 6) is 0. The molecule has 5 heteroatoms. The molecular weight excluding hydrogens is 288 g/mol. The lowest BCUT2D eigenvalue weighted by molar-refractivity contribution is 0.493. The molecule has 0 bridgehead atoms. The van der Waals surface area contributed by atoms with Gasteiger partial charge in [-0.05, 0) is 56.3 Å². The number of hydrogen-bond donors (Lipinski definition) is 1. The van der Waals surface area contributed by atoms with Gasteiger partial charge in [0.05, 0.1) is 5.39 Å². The van der Waals surface area contributed by atoms with Crippen LogP contribution < -0.4 is 5.56 Å². The number of hydrogen-bond acceptors (Lipinski definition) is 3. The average Bonchev–Trinajstić information content (AvgIpc) is 3.05. The topological polar surface area (TPSA) is 37.8 Å². The highest BCUT2D eigenvalue weighted by atomic mass is 32.1. The molecule has 2 aliphatic carbocycles. The van der Waals surface area contributed by atoms with Gasteiger partial charge in [-0.1, -0.05) is 12.8 Å². The van der Waals surface area contributed by atoms with Crippen molar-refractivity contribution in [1.82, 2.24) is 9.55 Å². The molecule has 2 aromatic rings. The van der Waals surface area contributed by atoms with Crippen LogP contribution in [0.5, 0.6) is 0 Å². The molecule has 0 amide bonds. The van der Waals surface area contributed by atoms with Crippen molar-refractivity contribution in [3.05, 3.63) is 25.6 Å². The van der Waals surface area contributed by atoms with Crippen molar-refractivity contribution in [3.63, 3.8) is 0 Å². The number of thiophene rings is 1. The monoisotopic (exact) mass is 306 g/mol. The van der Waals surface area contributed by atoms with Gasteiger partial charge in [-0.3, -0.25) is 9.36 Å². The second-order valence-electron chi connectivity index (χ2n) is 5.96. The van der Waals surface area contributed by atoms with E-state index in [2.05, 4.69) is 4.98 Å². The third-order valence-electron chi connectivity index (χ3n) is 4.73. The molecule has 106 valence electrons. The fraction of sp³-hybridized carbons (Fsp3) is 0.600. The van der Waals surface area contributed by atoms with Crippen molar-refractivity contribution < 1.29 is 0 Å². The summed E-state index contributed by atoms with van der Waals surface area (Å²) >= 11 is 7.20. The molecule has 0 unspecified atom stereocenters. The van der Waals surface area contributed by atoms with Crippen LogP contribution in [0.4, 0.5) is 0 Å². The van der Waals surface area contributed by atoms with Crippen LogP contribution in [-0.4, -0.2) is 9.55 Å². The van der Waals surface area contributed by atoms with Crippen LogP contribution in [0.3, 0.4) is 0 Å². The van der Waals surface area contributed by atoms with Crippen molar-refractivity contribution in [1.29, 1.82) is 0 Å². The first-order chi connectivity index (χ1) is 9.75. The summed E-state index contributed by atoms with van der Waals surface area (Å²) in [4.78, 5) is 18.7. The summed E-state index contributed by atoms with van der Waals surface area (Å²) in [6.07, 6.45) is 9.24. The average molecular weight is 306 g/mol. The van der Waals surface area contributed by atoms with E-state index in [0.717, 1.165) is 35.9 Å². The smallest absolute Gasteiger partial charge is 0.263 e. The number of fused-ring (bicyclic) bond motifs is 3. The Balaban J connectivity index is 2.01. The van der Waals surface area contributed by atoms with Gasteiger partial charge in [0.25, 0.3) is 5.56 Å². The second-order valence-corrected chi connectivity index (χ2v) is 7.45. The molecule has 2 heterocycles. The SMILES string of the molecule is O=c1c2c3c(sc2[nH]c(=S)n1C1CCCC1)CCCC3. The standard InChI is InChI=1S/C15H18N2OS2/c18-14-12-10-7-3-4-8-11(10)20-13(12)16-15(19)17(14)9-5-1-2-6-9/h9H,1-8H2,(H,16,19). The summed E-state index contributed by atoms with van der Waals surface area (Å²) in [5, 5.41) is 0.935. The Morgan fingerprint density at radius 2 is 1.90 bits per heavy atom. The number of aromatic nitrogens is 2. The van der Waals surface area contributed by atoms with E-state index >= 15 is 0 Å². The highest BCUT2D eigenvalue weighted by Crippen LogP contribution is 2.35. The minimum Gasteiger partial charge on any atom is -0.323 e. The molecule has 20 heavy (non-hydrogen) atoms. The zero-order valence-corrected chi connectivity index (χ0v) is 13.0. The van der Waals surface area contributed by atoms with E-state index in [9.17, 15) is 4.79 Å². The maximum atomic E-state index is 13.0. The Bertz CT molecular complexity index is 777. The molecule has 3 nitrogen and oxygen atoms in total. The van der Waals surface area contributed by atoms with Gasteiger partial charge in [-0.15, -0.1) is 11.3 Å². The maximum Gasteiger partial charge on any atom is 0.263 e. The maximum absolute atomic E-state index is 13.0.